The van der Waals surface area contributed by atoms with Gasteiger partial charge in [0.1, 0.15) is 0 Å². The highest BCUT2D eigenvalue weighted by Gasteiger charge is 2.34. The summed E-state index contributed by atoms with van der Waals surface area (Å²) in [5.41, 5.74) is 2.00. The van der Waals surface area contributed by atoms with E-state index in [2.05, 4.69) is 56.4 Å². The predicted octanol–water partition coefficient (Wildman–Crippen LogP) is 5.33. The largest absolute Gasteiger partial charge is 0.309 e. The van der Waals surface area contributed by atoms with Crippen molar-refractivity contribution in [1.29, 1.82) is 0 Å². The molecule has 0 bridgehead atoms. The van der Waals surface area contributed by atoms with Crippen LogP contribution in [0.5, 0.6) is 0 Å². The summed E-state index contributed by atoms with van der Waals surface area (Å²) in [5, 5.41) is 3.87. The molecule has 1 aliphatic rings. The van der Waals surface area contributed by atoms with Crippen molar-refractivity contribution in [2.75, 3.05) is 6.54 Å². The summed E-state index contributed by atoms with van der Waals surface area (Å²) < 4.78 is 0. The maximum Gasteiger partial charge on any atom is 0.0317 e. The highest BCUT2D eigenvalue weighted by molar-refractivity contribution is 5.18. The van der Waals surface area contributed by atoms with Crippen molar-refractivity contribution in [2.45, 2.75) is 65.3 Å². The maximum absolute atomic E-state index is 3.87. The van der Waals surface area contributed by atoms with Crippen LogP contribution < -0.4 is 5.32 Å². The van der Waals surface area contributed by atoms with Crippen LogP contribution in [0, 0.1) is 11.3 Å². The van der Waals surface area contributed by atoms with Crippen molar-refractivity contribution in [3.63, 3.8) is 0 Å². The summed E-state index contributed by atoms with van der Waals surface area (Å²) in [6.45, 7) is 8.22. The van der Waals surface area contributed by atoms with Gasteiger partial charge in [-0.1, -0.05) is 63.9 Å². The average molecular weight is 273 g/mol. The van der Waals surface area contributed by atoms with Crippen molar-refractivity contribution in [2.24, 2.45) is 11.3 Å². The molecule has 0 aliphatic heterocycles. The minimum atomic E-state index is 0.515. The molecule has 1 nitrogen and oxygen atoms in total. The fourth-order valence-electron chi connectivity index (χ4n) is 3.97. The molecule has 0 radical (unpaired) electrons. The average Bonchev–Trinajstić information content (AvgIpc) is 2.88. The fourth-order valence-corrected chi connectivity index (χ4v) is 3.97. The maximum atomic E-state index is 3.87. The van der Waals surface area contributed by atoms with E-state index >= 15 is 0 Å². The molecular weight excluding hydrogens is 242 g/mol. The molecule has 20 heavy (non-hydrogen) atoms. The number of hydrogen-bond donors (Lipinski definition) is 1. The van der Waals surface area contributed by atoms with Gasteiger partial charge in [0.15, 0.2) is 0 Å². The second-order valence-electron chi connectivity index (χ2n) is 7.06. The zero-order valence-electron chi connectivity index (χ0n) is 13.5. The Labute approximate surface area is 125 Å². The van der Waals surface area contributed by atoms with Gasteiger partial charge < -0.3 is 5.32 Å². The lowest BCUT2D eigenvalue weighted by atomic mass is 9.78. The lowest BCUT2D eigenvalue weighted by Crippen LogP contribution is -2.35. The van der Waals surface area contributed by atoms with Crippen LogP contribution in [0.25, 0.3) is 0 Å². The van der Waals surface area contributed by atoms with Crippen molar-refractivity contribution in [1.82, 2.24) is 5.32 Å². The van der Waals surface area contributed by atoms with Crippen LogP contribution in [0.2, 0.25) is 0 Å². The summed E-state index contributed by atoms with van der Waals surface area (Å²) in [5.74, 6) is 0.812. The Balaban J connectivity index is 1.97. The van der Waals surface area contributed by atoms with Gasteiger partial charge in [-0.25, -0.2) is 0 Å². The van der Waals surface area contributed by atoms with Gasteiger partial charge in [-0.05, 0) is 42.6 Å². The molecule has 1 unspecified atom stereocenters. The van der Waals surface area contributed by atoms with E-state index in [1.165, 1.54) is 50.6 Å². The summed E-state index contributed by atoms with van der Waals surface area (Å²) in [4.78, 5) is 0. The van der Waals surface area contributed by atoms with Gasteiger partial charge in [0.2, 0.25) is 0 Å². The van der Waals surface area contributed by atoms with E-state index in [1.807, 2.05) is 0 Å². The number of benzene rings is 1. The Bertz CT molecular complexity index is 376. The van der Waals surface area contributed by atoms with E-state index in [1.54, 1.807) is 0 Å². The van der Waals surface area contributed by atoms with Crippen molar-refractivity contribution < 1.29 is 0 Å². The first kappa shape index (κ1) is 15.6. The number of hydrogen-bond acceptors (Lipinski definition) is 1. The zero-order chi connectivity index (χ0) is 14.4. The molecular formula is C19H31N. The molecule has 1 fully saturated rings. The first-order valence-electron chi connectivity index (χ1n) is 8.43. The minimum Gasteiger partial charge on any atom is -0.309 e. The molecule has 112 valence electrons. The monoisotopic (exact) mass is 273 g/mol. The highest BCUT2D eigenvalue weighted by Crippen LogP contribution is 2.43. The summed E-state index contributed by atoms with van der Waals surface area (Å²) in [7, 11) is 0. The first-order valence-corrected chi connectivity index (χ1v) is 8.43. The standard InChI is InChI=1S/C19H31N/c1-4-18(17-10-6-5-7-11-17)20-15-19(14-16(2)3)12-8-9-13-19/h5-7,10-11,16,18,20H,4,8-9,12-15H2,1-3H3. The quantitative estimate of drug-likeness (QED) is 0.707. The van der Waals surface area contributed by atoms with E-state index in [0.717, 1.165) is 5.92 Å². The molecule has 1 aromatic carbocycles. The van der Waals surface area contributed by atoms with Crippen LogP contribution in [0.4, 0.5) is 0 Å². The van der Waals surface area contributed by atoms with Crippen LogP contribution in [0.1, 0.15) is 70.9 Å². The molecule has 1 aromatic rings. The number of nitrogens with one attached hydrogen (secondary N) is 1. The molecule has 1 heteroatoms. The highest BCUT2D eigenvalue weighted by atomic mass is 14.9. The summed E-state index contributed by atoms with van der Waals surface area (Å²) in [6.07, 6.45) is 8.24. The van der Waals surface area contributed by atoms with Crippen LogP contribution in [-0.2, 0) is 0 Å². The van der Waals surface area contributed by atoms with Gasteiger partial charge in [-0.2, -0.15) is 0 Å². The Hall–Kier alpha value is -0.820. The van der Waals surface area contributed by atoms with Gasteiger partial charge in [0.05, 0.1) is 0 Å². The third-order valence-corrected chi connectivity index (χ3v) is 4.84. The van der Waals surface area contributed by atoms with Crippen molar-refractivity contribution in [3.8, 4) is 0 Å². The predicted molar refractivity (Wildman–Crippen MR) is 87.8 cm³/mol. The topological polar surface area (TPSA) is 12.0 Å². The molecule has 0 amide bonds. The van der Waals surface area contributed by atoms with Gasteiger partial charge in [-0.3, -0.25) is 0 Å². The molecule has 1 N–H and O–H groups in total. The van der Waals surface area contributed by atoms with Crippen molar-refractivity contribution in [3.05, 3.63) is 35.9 Å². The molecule has 0 saturated heterocycles. The molecule has 1 saturated carbocycles. The van der Waals surface area contributed by atoms with Gasteiger partial charge in [0.25, 0.3) is 0 Å². The smallest absolute Gasteiger partial charge is 0.0317 e. The lowest BCUT2D eigenvalue weighted by molar-refractivity contribution is 0.214. The van der Waals surface area contributed by atoms with Crippen LogP contribution >= 0.6 is 0 Å². The van der Waals surface area contributed by atoms with E-state index in [4.69, 9.17) is 0 Å². The Morgan fingerprint density at radius 2 is 1.75 bits per heavy atom. The Kier molecular flexibility index (Phi) is 5.65. The SMILES string of the molecule is CCC(NCC1(CC(C)C)CCCC1)c1ccccc1. The van der Waals surface area contributed by atoms with Gasteiger partial charge >= 0.3 is 0 Å². The summed E-state index contributed by atoms with van der Waals surface area (Å²) >= 11 is 0. The fraction of sp³-hybridized carbons (Fsp3) is 0.684. The van der Waals surface area contributed by atoms with Crippen LogP contribution in [0.15, 0.2) is 30.3 Å². The van der Waals surface area contributed by atoms with Crippen LogP contribution in [0.3, 0.4) is 0 Å². The van der Waals surface area contributed by atoms with E-state index in [0.29, 0.717) is 11.5 Å². The summed E-state index contributed by atoms with van der Waals surface area (Å²) in [6, 6.07) is 11.4. The third kappa shape index (κ3) is 4.09. The van der Waals surface area contributed by atoms with E-state index in [9.17, 15) is 0 Å². The zero-order valence-corrected chi connectivity index (χ0v) is 13.5. The number of rotatable bonds is 7. The van der Waals surface area contributed by atoms with Gasteiger partial charge in [-0.15, -0.1) is 0 Å². The normalized spacial score (nSPS) is 19.4. The Morgan fingerprint density at radius 3 is 2.30 bits per heavy atom. The van der Waals surface area contributed by atoms with Gasteiger partial charge in [0, 0.05) is 12.6 Å². The Morgan fingerprint density at radius 1 is 1.10 bits per heavy atom. The lowest BCUT2D eigenvalue weighted by Gasteiger charge is -2.33. The van der Waals surface area contributed by atoms with E-state index in [-0.39, 0.29) is 0 Å². The molecule has 1 aliphatic carbocycles. The van der Waals surface area contributed by atoms with E-state index < -0.39 is 0 Å². The van der Waals surface area contributed by atoms with Crippen molar-refractivity contribution >= 4 is 0 Å². The molecule has 0 heterocycles. The second-order valence-corrected chi connectivity index (χ2v) is 7.06. The molecule has 1 atom stereocenters. The molecule has 0 spiro atoms. The molecule has 0 aromatic heterocycles. The third-order valence-electron chi connectivity index (χ3n) is 4.84. The minimum absolute atomic E-state index is 0.515. The molecule has 2 rings (SSSR count). The second kappa shape index (κ2) is 7.26. The first-order chi connectivity index (χ1) is 9.65. The van der Waals surface area contributed by atoms with Crippen LogP contribution in [-0.4, -0.2) is 6.54 Å².